The Kier molecular flexibility index (Phi) is 3.44. The number of rotatable bonds is 4. The molecule has 1 unspecified atom stereocenters. The van der Waals surface area contributed by atoms with Gasteiger partial charge in [-0.1, -0.05) is 0 Å². The van der Waals surface area contributed by atoms with Gasteiger partial charge in [0.2, 0.25) is 0 Å². The summed E-state index contributed by atoms with van der Waals surface area (Å²) in [5.41, 5.74) is 3.27. The second kappa shape index (κ2) is 5.25. The predicted octanol–water partition coefficient (Wildman–Crippen LogP) is 4.25. The maximum atomic E-state index is 4.54. The summed E-state index contributed by atoms with van der Waals surface area (Å²) in [6.45, 7) is 6.38. The lowest BCUT2D eigenvalue weighted by molar-refractivity contribution is 0.546. The average molecular weight is 286 g/mol. The molecule has 0 aromatic carbocycles. The smallest absolute Gasteiger partial charge is 0.158 e. The molecule has 0 amide bonds. The molecule has 5 heteroatoms. The lowest BCUT2D eigenvalue weighted by atomic mass is 10.2. The monoisotopic (exact) mass is 286 g/mol. The zero-order chi connectivity index (χ0) is 14.1. The lowest BCUT2D eigenvalue weighted by Gasteiger charge is -2.14. The molecule has 0 radical (unpaired) electrons. The molecule has 20 heavy (non-hydrogen) atoms. The van der Waals surface area contributed by atoms with E-state index in [1.54, 1.807) is 11.3 Å². The summed E-state index contributed by atoms with van der Waals surface area (Å²) in [7, 11) is 0. The second-order valence-corrected chi connectivity index (χ2v) is 6.02. The highest BCUT2D eigenvalue weighted by molar-refractivity contribution is 7.07. The van der Waals surface area contributed by atoms with E-state index in [9.17, 15) is 0 Å². The Bertz CT molecular complexity index is 700. The van der Waals surface area contributed by atoms with Gasteiger partial charge in [0.1, 0.15) is 0 Å². The van der Waals surface area contributed by atoms with E-state index in [0.29, 0.717) is 6.04 Å². The van der Waals surface area contributed by atoms with E-state index in [-0.39, 0.29) is 6.04 Å². The van der Waals surface area contributed by atoms with Crippen molar-refractivity contribution in [2.24, 2.45) is 0 Å². The van der Waals surface area contributed by atoms with Crippen molar-refractivity contribution in [3.63, 3.8) is 0 Å². The van der Waals surface area contributed by atoms with Gasteiger partial charge in [0.05, 0.1) is 18.1 Å². The predicted molar refractivity (Wildman–Crippen MR) is 84.3 cm³/mol. The zero-order valence-electron chi connectivity index (χ0n) is 11.9. The van der Waals surface area contributed by atoms with E-state index in [1.165, 1.54) is 5.56 Å². The van der Waals surface area contributed by atoms with Crippen LogP contribution in [0.5, 0.6) is 0 Å². The molecule has 3 rings (SSSR count). The third-order valence-electron chi connectivity index (χ3n) is 3.35. The highest BCUT2D eigenvalue weighted by Gasteiger charge is 2.10. The fraction of sp³-hybridized carbons (Fsp3) is 0.333. The molecule has 104 valence electrons. The third kappa shape index (κ3) is 2.41. The first kappa shape index (κ1) is 13.1. The van der Waals surface area contributed by atoms with Crippen LogP contribution in [-0.4, -0.2) is 14.8 Å². The van der Waals surface area contributed by atoms with Crippen molar-refractivity contribution in [3.8, 4) is 0 Å². The van der Waals surface area contributed by atoms with Crippen molar-refractivity contribution in [1.29, 1.82) is 0 Å². The molecule has 4 nitrogen and oxygen atoms in total. The quantitative estimate of drug-likeness (QED) is 0.779. The van der Waals surface area contributed by atoms with E-state index in [1.807, 2.05) is 17.1 Å². The van der Waals surface area contributed by atoms with Gasteiger partial charge < -0.3 is 5.32 Å². The van der Waals surface area contributed by atoms with Crippen molar-refractivity contribution < 1.29 is 0 Å². The Morgan fingerprint density at radius 1 is 1.25 bits per heavy atom. The van der Waals surface area contributed by atoms with Crippen LogP contribution in [-0.2, 0) is 0 Å². The van der Waals surface area contributed by atoms with Crippen LogP contribution in [0.1, 0.15) is 38.4 Å². The first-order valence-corrected chi connectivity index (χ1v) is 7.71. The van der Waals surface area contributed by atoms with Crippen molar-refractivity contribution in [3.05, 3.63) is 40.8 Å². The van der Waals surface area contributed by atoms with Gasteiger partial charge in [-0.25, -0.2) is 9.67 Å². The first-order chi connectivity index (χ1) is 9.65. The van der Waals surface area contributed by atoms with Crippen LogP contribution in [0.3, 0.4) is 0 Å². The Hall–Kier alpha value is -1.88. The van der Waals surface area contributed by atoms with Gasteiger partial charge in [-0.3, -0.25) is 0 Å². The highest BCUT2D eigenvalue weighted by atomic mass is 32.1. The Morgan fingerprint density at radius 3 is 2.80 bits per heavy atom. The van der Waals surface area contributed by atoms with Crippen LogP contribution in [0, 0.1) is 0 Å². The number of anilines is 1. The number of nitrogens with one attached hydrogen (secondary N) is 1. The molecule has 3 aromatic rings. The van der Waals surface area contributed by atoms with Crippen LogP contribution in [0.15, 0.2) is 35.3 Å². The molecule has 3 aromatic heterocycles. The van der Waals surface area contributed by atoms with E-state index in [4.69, 9.17) is 0 Å². The SMILES string of the molecule is CC(Nc1cnc2c(cnn2C(C)C)c1)c1ccsc1. The van der Waals surface area contributed by atoms with Crippen LogP contribution in [0.25, 0.3) is 11.0 Å². The average Bonchev–Trinajstić information content (AvgIpc) is 3.07. The standard InChI is InChI=1S/C15H18N4S/c1-10(2)19-15-13(7-17-19)6-14(8-16-15)18-11(3)12-4-5-20-9-12/h4-11,18H,1-3H3. The minimum Gasteiger partial charge on any atom is -0.377 e. The molecule has 0 fully saturated rings. The fourth-order valence-electron chi connectivity index (χ4n) is 2.25. The number of fused-ring (bicyclic) bond motifs is 1. The molecule has 0 aliphatic heterocycles. The first-order valence-electron chi connectivity index (χ1n) is 6.77. The van der Waals surface area contributed by atoms with Crippen LogP contribution < -0.4 is 5.32 Å². The Morgan fingerprint density at radius 2 is 2.10 bits per heavy atom. The number of hydrogen-bond donors (Lipinski definition) is 1. The topological polar surface area (TPSA) is 42.7 Å². The van der Waals surface area contributed by atoms with E-state index >= 15 is 0 Å². The number of pyridine rings is 1. The van der Waals surface area contributed by atoms with Crippen molar-refractivity contribution >= 4 is 28.1 Å². The molecular formula is C15H18N4S. The molecule has 1 atom stereocenters. The van der Waals surface area contributed by atoms with Crippen molar-refractivity contribution in [1.82, 2.24) is 14.8 Å². The molecule has 3 heterocycles. The normalized spacial score (nSPS) is 13.0. The zero-order valence-corrected chi connectivity index (χ0v) is 12.7. The number of thiophene rings is 1. The van der Waals surface area contributed by atoms with E-state index < -0.39 is 0 Å². The molecule has 0 saturated heterocycles. The minimum absolute atomic E-state index is 0.278. The summed E-state index contributed by atoms with van der Waals surface area (Å²) in [5, 5.41) is 13.2. The summed E-state index contributed by atoms with van der Waals surface area (Å²) < 4.78 is 1.95. The number of aromatic nitrogens is 3. The van der Waals surface area contributed by atoms with Crippen molar-refractivity contribution in [2.75, 3.05) is 5.32 Å². The minimum atomic E-state index is 0.278. The van der Waals surface area contributed by atoms with Crippen LogP contribution >= 0.6 is 11.3 Å². The van der Waals surface area contributed by atoms with Gasteiger partial charge in [-0.15, -0.1) is 0 Å². The van der Waals surface area contributed by atoms with Gasteiger partial charge in [0, 0.05) is 17.5 Å². The van der Waals surface area contributed by atoms with Gasteiger partial charge in [-0.2, -0.15) is 16.4 Å². The molecule has 0 spiro atoms. The molecule has 0 aliphatic carbocycles. The summed E-state index contributed by atoms with van der Waals surface area (Å²) >= 11 is 1.72. The van der Waals surface area contributed by atoms with Gasteiger partial charge >= 0.3 is 0 Å². The maximum Gasteiger partial charge on any atom is 0.158 e. The van der Waals surface area contributed by atoms with E-state index in [2.05, 4.69) is 59.1 Å². The molecule has 1 N–H and O–H groups in total. The molecule has 0 bridgehead atoms. The Labute approximate surface area is 122 Å². The van der Waals surface area contributed by atoms with E-state index in [0.717, 1.165) is 16.7 Å². The molecular weight excluding hydrogens is 268 g/mol. The van der Waals surface area contributed by atoms with Gasteiger partial charge in [-0.05, 0) is 49.2 Å². The summed E-state index contributed by atoms with van der Waals surface area (Å²) in [6, 6.07) is 4.85. The summed E-state index contributed by atoms with van der Waals surface area (Å²) in [4.78, 5) is 4.54. The summed E-state index contributed by atoms with van der Waals surface area (Å²) in [6.07, 6.45) is 3.76. The lowest BCUT2D eigenvalue weighted by Crippen LogP contribution is -2.06. The second-order valence-electron chi connectivity index (χ2n) is 5.24. The Balaban J connectivity index is 1.86. The maximum absolute atomic E-state index is 4.54. The fourth-order valence-corrected chi connectivity index (χ4v) is 3.01. The highest BCUT2D eigenvalue weighted by Crippen LogP contribution is 2.24. The molecule has 0 aliphatic rings. The largest absolute Gasteiger partial charge is 0.377 e. The van der Waals surface area contributed by atoms with Gasteiger partial charge in [0.15, 0.2) is 5.65 Å². The summed E-state index contributed by atoms with van der Waals surface area (Å²) in [5.74, 6) is 0. The van der Waals surface area contributed by atoms with Gasteiger partial charge in [0.25, 0.3) is 0 Å². The van der Waals surface area contributed by atoms with Crippen LogP contribution in [0.4, 0.5) is 5.69 Å². The number of nitrogens with zero attached hydrogens (tertiary/aromatic N) is 3. The molecule has 0 saturated carbocycles. The van der Waals surface area contributed by atoms with Crippen LogP contribution in [0.2, 0.25) is 0 Å². The third-order valence-corrected chi connectivity index (χ3v) is 4.05. The van der Waals surface area contributed by atoms with Crippen molar-refractivity contribution in [2.45, 2.75) is 32.9 Å². The number of hydrogen-bond acceptors (Lipinski definition) is 4.